The third-order valence-electron chi connectivity index (χ3n) is 4.41. The zero-order valence-electron chi connectivity index (χ0n) is 14.3. The molecule has 2 aromatic rings. The summed E-state index contributed by atoms with van der Waals surface area (Å²) in [6.45, 7) is 4.79. The van der Waals surface area contributed by atoms with E-state index >= 15 is 0 Å². The molecular weight excluding hydrogens is 354 g/mol. The molecule has 0 atom stereocenters. The van der Waals surface area contributed by atoms with Gasteiger partial charge < -0.3 is 11.1 Å². The molecule has 25 heavy (non-hydrogen) atoms. The summed E-state index contributed by atoms with van der Waals surface area (Å²) in [5, 5.41) is 3.49. The number of hydrogen-bond acceptors (Lipinski definition) is 5. The number of thioether (sulfide) groups is 1. The zero-order chi connectivity index (χ0) is 18.0. The molecule has 0 bridgehead atoms. The molecule has 0 saturated carbocycles. The van der Waals surface area contributed by atoms with E-state index in [9.17, 15) is 9.59 Å². The maximum atomic E-state index is 12.7. The molecule has 5 nitrogen and oxygen atoms in total. The number of rotatable bonds is 5. The van der Waals surface area contributed by atoms with Crippen LogP contribution in [0.3, 0.4) is 0 Å². The van der Waals surface area contributed by atoms with E-state index in [-0.39, 0.29) is 5.91 Å². The van der Waals surface area contributed by atoms with Crippen molar-refractivity contribution < 1.29 is 9.59 Å². The van der Waals surface area contributed by atoms with Crippen molar-refractivity contribution in [3.63, 3.8) is 0 Å². The minimum absolute atomic E-state index is 0.210. The Morgan fingerprint density at radius 2 is 2.12 bits per heavy atom. The lowest BCUT2D eigenvalue weighted by molar-refractivity contribution is 0.1000. The third-order valence-corrected chi connectivity index (χ3v) is 6.34. The standard InChI is InChI=1S/C18H21N3O2S2/c1-3-21-9-8-11-14(10-21)25-18(15(11)16(19)22)20-17(23)12-6-4-5-7-13(12)24-2/h4-7H,3,8-10H2,1-2H3,(H2,19,22)(H,20,23). The summed E-state index contributed by atoms with van der Waals surface area (Å²) in [6.07, 6.45) is 2.72. The molecule has 3 N–H and O–H groups in total. The van der Waals surface area contributed by atoms with E-state index in [1.807, 2.05) is 24.5 Å². The number of nitrogens with two attached hydrogens (primary N) is 1. The summed E-state index contributed by atoms with van der Waals surface area (Å²) < 4.78 is 0. The van der Waals surface area contributed by atoms with Crippen molar-refractivity contribution >= 4 is 39.9 Å². The van der Waals surface area contributed by atoms with E-state index in [0.29, 0.717) is 16.1 Å². The van der Waals surface area contributed by atoms with Crippen LogP contribution in [-0.4, -0.2) is 36.1 Å². The van der Waals surface area contributed by atoms with Crippen molar-refractivity contribution in [3.05, 3.63) is 45.8 Å². The minimum Gasteiger partial charge on any atom is -0.365 e. The van der Waals surface area contributed by atoms with E-state index in [1.165, 1.54) is 23.1 Å². The molecule has 0 aliphatic carbocycles. The Morgan fingerprint density at radius 1 is 1.36 bits per heavy atom. The Balaban J connectivity index is 1.93. The number of fused-ring (bicyclic) bond motifs is 1. The van der Waals surface area contributed by atoms with Crippen LogP contribution < -0.4 is 11.1 Å². The number of carbonyl (C=O) groups excluding carboxylic acids is 2. The second-order valence-corrected chi connectivity index (χ2v) is 7.80. The van der Waals surface area contributed by atoms with Gasteiger partial charge in [0, 0.05) is 22.9 Å². The van der Waals surface area contributed by atoms with Crippen LogP contribution in [0.5, 0.6) is 0 Å². The molecule has 1 aromatic heterocycles. The van der Waals surface area contributed by atoms with Gasteiger partial charge in [0.1, 0.15) is 5.00 Å². The minimum atomic E-state index is -0.476. The van der Waals surface area contributed by atoms with Crippen LogP contribution >= 0.6 is 23.1 Å². The van der Waals surface area contributed by atoms with Gasteiger partial charge in [-0.2, -0.15) is 0 Å². The number of primary amides is 1. The molecule has 0 radical (unpaired) electrons. The van der Waals surface area contributed by atoms with Gasteiger partial charge in [-0.1, -0.05) is 19.1 Å². The predicted molar refractivity (Wildman–Crippen MR) is 104 cm³/mol. The monoisotopic (exact) mass is 375 g/mol. The number of nitrogens with zero attached hydrogens (tertiary/aromatic N) is 1. The number of nitrogens with one attached hydrogen (secondary N) is 1. The third kappa shape index (κ3) is 3.58. The van der Waals surface area contributed by atoms with Gasteiger partial charge in [-0.3, -0.25) is 14.5 Å². The molecule has 2 heterocycles. The highest BCUT2D eigenvalue weighted by molar-refractivity contribution is 7.98. The van der Waals surface area contributed by atoms with Crippen molar-refractivity contribution in [3.8, 4) is 0 Å². The summed E-state index contributed by atoms with van der Waals surface area (Å²) >= 11 is 2.98. The van der Waals surface area contributed by atoms with Crippen molar-refractivity contribution in [1.82, 2.24) is 4.90 Å². The van der Waals surface area contributed by atoms with E-state index in [2.05, 4.69) is 17.1 Å². The summed E-state index contributed by atoms with van der Waals surface area (Å²) in [7, 11) is 0. The highest BCUT2D eigenvalue weighted by Crippen LogP contribution is 2.37. The molecule has 0 saturated heterocycles. The van der Waals surface area contributed by atoms with Crippen LogP contribution in [0.25, 0.3) is 0 Å². The molecule has 0 spiro atoms. The van der Waals surface area contributed by atoms with Crippen LogP contribution in [-0.2, 0) is 13.0 Å². The second-order valence-electron chi connectivity index (χ2n) is 5.85. The Morgan fingerprint density at radius 3 is 2.80 bits per heavy atom. The number of hydrogen-bond donors (Lipinski definition) is 2. The van der Waals surface area contributed by atoms with Gasteiger partial charge in [-0.15, -0.1) is 23.1 Å². The fourth-order valence-corrected chi connectivity index (χ4v) is 4.96. The number of likely N-dealkylation sites (N-methyl/N-ethyl adjacent to an activating group) is 1. The van der Waals surface area contributed by atoms with E-state index in [1.54, 1.807) is 6.07 Å². The van der Waals surface area contributed by atoms with E-state index in [0.717, 1.165) is 41.4 Å². The average molecular weight is 376 g/mol. The molecule has 1 aliphatic heterocycles. The fraction of sp³-hybridized carbons (Fsp3) is 0.333. The van der Waals surface area contributed by atoms with Crippen molar-refractivity contribution in [1.29, 1.82) is 0 Å². The van der Waals surface area contributed by atoms with Crippen LogP contribution in [0.2, 0.25) is 0 Å². The van der Waals surface area contributed by atoms with Gasteiger partial charge in [0.2, 0.25) is 0 Å². The van der Waals surface area contributed by atoms with Crippen LogP contribution in [0.15, 0.2) is 29.2 Å². The molecule has 3 rings (SSSR count). The van der Waals surface area contributed by atoms with Gasteiger partial charge in [-0.25, -0.2) is 0 Å². The molecule has 132 valence electrons. The van der Waals surface area contributed by atoms with E-state index < -0.39 is 5.91 Å². The highest BCUT2D eigenvalue weighted by atomic mass is 32.2. The molecule has 1 aliphatic rings. The van der Waals surface area contributed by atoms with Gasteiger partial charge in [0.15, 0.2) is 0 Å². The first-order chi connectivity index (χ1) is 12.0. The second kappa shape index (κ2) is 7.59. The van der Waals surface area contributed by atoms with Crippen molar-refractivity contribution in [2.24, 2.45) is 5.73 Å². The lowest BCUT2D eigenvalue weighted by atomic mass is 10.0. The molecule has 0 unspecified atom stereocenters. The van der Waals surface area contributed by atoms with Crippen molar-refractivity contribution in [2.45, 2.75) is 24.8 Å². The number of anilines is 1. The Kier molecular flexibility index (Phi) is 5.46. The maximum Gasteiger partial charge on any atom is 0.257 e. The number of thiophene rings is 1. The molecule has 7 heteroatoms. The maximum absolute atomic E-state index is 12.7. The normalized spacial score (nSPS) is 14.2. The summed E-state index contributed by atoms with van der Waals surface area (Å²) in [6, 6.07) is 7.44. The Labute approximate surface area is 155 Å². The van der Waals surface area contributed by atoms with Gasteiger partial charge in [0.25, 0.3) is 11.8 Å². The lowest BCUT2D eigenvalue weighted by Crippen LogP contribution is -2.30. The van der Waals surface area contributed by atoms with Crippen LogP contribution in [0, 0.1) is 0 Å². The average Bonchev–Trinajstić information content (AvgIpc) is 2.98. The number of amides is 2. The highest BCUT2D eigenvalue weighted by Gasteiger charge is 2.27. The first kappa shape index (κ1) is 18.0. The zero-order valence-corrected chi connectivity index (χ0v) is 15.9. The fourth-order valence-electron chi connectivity index (χ4n) is 3.08. The number of benzene rings is 1. The van der Waals surface area contributed by atoms with Gasteiger partial charge in [-0.05, 0) is 36.9 Å². The Bertz CT molecular complexity index is 817. The predicted octanol–water partition coefficient (Wildman–Crippen LogP) is 3.20. The van der Waals surface area contributed by atoms with Crippen molar-refractivity contribution in [2.75, 3.05) is 24.7 Å². The largest absolute Gasteiger partial charge is 0.365 e. The van der Waals surface area contributed by atoms with Gasteiger partial charge >= 0.3 is 0 Å². The van der Waals surface area contributed by atoms with E-state index in [4.69, 9.17) is 5.73 Å². The first-order valence-electron chi connectivity index (χ1n) is 8.16. The molecular formula is C18H21N3O2S2. The smallest absolute Gasteiger partial charge is 0.257 e. The molecule has 0 fully saturated rings. The number of carbonyl (C=O) groups is 2. The quantitative estimate of drug-likeness (QED) is 0.787. The summed E-state index contributed by atoms with van der Waals surface area (Å²) in [4.78, 5) is 29.1. The first-order valence-corrected chi connectivity index (χ1v) is 10.2. The molecule has 2 amide bonds. The van der Waals surface area contributed by atoms with Crippen LogP contribution in [0.1, 0.15) is 38.1 Å². The topological polar surface area (TPSA) is 75.4 Å². The Hall–Kier alpha value is -1.83. The summed E-state index contributed by atoms with van der Waals surface area (Å²) in [5.74, 6) is -0.686. The molecule has 1 aromatic carbocycles. The summed E-state index contributed by atoms with van der Waals surface area (Å²) in [5.41, 5.74) is 7.70. The lowest BCUT2D eigenvalue weighted by Gasteiger charge is -2.25. The van der Waals surface area contributed by atoms with Crippen LogP contribution in [0.4, 0.5) is 5.00 Å². The SMILES string of the molecule is CCN1CCc2c(sc(NC(=O)c3ccccc3SC)c2C(N)=O)C1. The van der Waals surface area contributed by atoms with Gasteiger partial charge in [0.05, 0.1) is 11.1 Å².